The Morgan fingerprint density at radius 1 is 1.10 bits per heavy atom. The van der Waals surface area contributed by atoms with Crippen molar-refractivity contribution in [3.63, 3.8) is 0 Å². The summed E-state index contributed by atoms with van der Waals surface area (Å²) in [5.74, 6) is -0.296. The molecule has 1 aromatic carbocycles. The molecule has 1 heterocycles. The van der Waals surface area contributed by atoms with Crippen molar-refractivity contribution in [2.24, 2.45) is 0 Å². The Kier molecular flexibility index (Phi) is 5.51. The van der Waals surface area contributed by atoms with Gasteiger partial charge in [-0.05, 0) is 44.4 Å². The van der Waals surface area contributed by atoms with Crippen LogP contribution in [0.2, 0.25) is 0 Å². The predicted molar refractivity (Wildman–Crippen MR) is 83.4 cm³/mol. The van der Waals surface area contributed by atoms with Crippen LogP contribution in [0.4, 0.5) is 0 Å². The number of benzene rings is 1. The molecule has 2 amide bonds. The second-order valence-corrected chi connectivity index (χ2v) is 5.51. The number of nitrogens with one attached hydrogen (secondary N) is 1. The lowest BCUT2D eigenvalue weighted by Crippen LogP contribution is -2.33. The van der Waals surface area contributed by atoms with Gasteiger partial charge in [-0.1, -0.05) is 26.0 Å². The molecule has 1 aliphatic rings. The average molecular weight is 288 g/mol. The summed E-state index contributed by atoms with van der Waals surface area (Å²) in [6.45, 7) is 5.84. The van der Waals surface area contributed by atoms with E-state index in [1.165, 1.54) is 4.90 Å². The Labute approximate surface area is 126 Å². The van der Waals surface area contributed by atoms with E-state index in [1.54, 1.807) is 24.3 Å². The molecular weight excluding hydrogens is 264 g/mol. The zero-order valence-electron chi connectivity index (χ0n) is 12.9. The summed E-state index contributed by atoms with van der Waals surface area (Å²) >= 11 is 0. The van der Waals surface area contributed by atoms with E-state index in [2.05, 4.69) is 19.2 Å². The van der Waals surface area contributed by atoms with Crippen LogP contribution < -0.4 is 5.32 Å². The summed E-state index contributed by atoms with van der Waals surface area (Å²) in [7, 11) is 0. The van der Waals surface area contributed by atoms with Crippen LogP contribution in [0.15, 0.2) is 24.3 Å². The Morgan fingerprint density at radius 2 is 1.71 bits per heavy atom. The highest BCUT2D eigenvalue weighted by molar-refractivity contribution is 6.21. The van der Waals surface area contributed by atoms with E-state index < -0.39 is 0 Å². The zero-order chi connectivity index (χ0) is 15.2. The van der Waals surface area contributed by atoms with Crippen LogP contribution in [-0.2, 0) is 0 Å². The number of hydrogen-bond acceptors (Lipinski definition) is 3. The van der Waals surface area contributed by atoms with E-state index in [1.807, 2.05) is 0 Å². The molecule has 4 heteroatoms. The molecule has 1 aromatic rings. The van der Waals surface area contributed by atoms with E-state index in [0.29, 0.717) is 23.7 Å². The third-order valence-corrected chi connectivity index (χ3v) is 3.99. The second kappa shape index (κ2) is 7.36. The fraction of sp³-hybridized carbons (Fsp3) is 0.529. The molecule has 1 unspecified atom stereocenters. The first kappa shape index (κ1) is 15.7. The lowest BCUT2D eigenvalue weighted by atomic mass is 10.1. The zero-order valence-corrected chi connectivity index (χ0v) is 12.9. The molecule has 0 fully saturated rings. The van der Waals surface area contributed by atoms with Gasteiger partial charge in [0.15, 0.2) is 0 Å². The van der Waals surface area contributed by atoms with E-state index in [-0.39, 0.29) is 11.8 Å². The fourth-order valence-corrected chi connectivity index (χ4v) is 2.74. The van der Waals surface area contributed by atoms with Gasteiger partial charge in [-0.3, -0.25) is 14.5 Å². The van der Waals surface area contributed by atoms with Crippen LogP contribution in [0.3, 0.4) is 0 Å². The lowest BCUT2D eigenvalue weighted by Gasteiger charge is -2.18. The standard InChI is InChI=1S/C17H24N2O2/c1-3-11-18-13(4-2)8-7-12-19-16(20)14-9-5-6-10-15(14)17(19)21/h5-6,9-10,13,18H,3-4,7-8,11-12H2,1-2H3. The molecule has 0 saturated carbocycles. The molecule has 0 bridgehead atoms. The minimum absolute atomic E-state index is 0.148. The first-order valence-corrected chi connectivity index (χ1v) is 7.87. The van der Waals surface area contributed by atoms with Gasteiger partial charge in [0, 0.05) is 12.6 Å². The molecule has 1 atom stereocenters. The van der Waals surface area contributed by atoms with Gasteiger partial charge in [0.05, 0.1) is 11.1 Å². The highest BCUT2D eigenvalue weighted by atomic mass is 16.2. The van der Waals surface area contributed by atoms with Crippen molar-refractivity contribution in [3.05, 3.63) is 35.4 Å². The average Bonchev–Trinajstić information content (AvgIpc) is 2.76. The van der Waals surface area contributed by atoms with Crippen molar-refractivity contribution in [2.75, 3.05) is 13.1 Å². The monoisotopic (exact) mass is 288 g/mol. The van der Waals surface area contributed by atoms with Crippen molar-refractivity contribution in [1.82, 2.24) is 10.2 Å². The molecule has 2 rings (SSSR count). The van der Waals surface area contributed by atoms with Crippen LogP contribution in [0.1, 0.15) is 60.2 Å². The largest absolute Gasteiger partial charge is 0.314 e. The maximum absolute atomic E-state index is 12.2. The van der Waals surface area contributed by atoms with Crippen LogP contribution in [-0.4, -0.2) is 35.8 Å². The first-order valence-electron chi connectivity index (χ1n) is 7.87. The third kappa shape index (κ3) is 3.50. The van der Waals surface area contributed by atoms with Gasteiger partial charge in [0.1, 0.15) is 0 Å². The number of imide groups is 1. The molecule has 0 aliphatic carbocycles. The fourth-order valence-electron chi connectivity index (χ4n) is 2.74. The summed E-state index contributed by atoms with van der Waals surface area (Å²) in [5, 5.41) is 3.50. The maximum atomic E-state index is 12.2. The van der Waals surface area contributed by atoms with Gasteiger partial charge in [-0.2, -0.15) is 0 Å². The summed E-state index contributed by atoms with van der Waals surface area (Å²) < 4.78 is 0. The predicted octanol–water partition coefficient (Wildman–Crippen LogP) is 2.84. The number of rotatable bonds is 8. The van der Waals surface area contributed by atoms with Gasteiger partial charge < -0.3 is 5.32 Å². The van der Waals surface area contributed by atoms with Crippen molar-refractivity contribution >= 4 is 11.8 Å². The van der Waals surface area contributed by atoms with E-state index in [0.717, 1.165) is 32.2 Å². The normalized spacial score (nSPS) is 15.4. The van der Waals surface area contributed by atoms with Gasteiger partial charge in [-0.25, -0.2) is 0 Å². The Balaban J connectivity index is 1.88. The molecule has 0 spiro atoms. The molecule has 1 aliphatic heterocycles. The van der Waals surface area contributed by atoms with Crippen LogP contribution in [0.25, 0.3) is 0 Å². The summed E-state index contributed by atoms with van der Waals surface area (Å²) in [6.07, 6.45) is 4.03. The quantitative estimate of drug-likeness (QED) is 0.748. The Hall–Kier alpha value is -1.68. The van der Waals surface area contributed by atoms with Crippen LogP contribution in [0, 0.1) is 0 Å². The Morgan fingerprint density at radius 3 is 2.24 bits per heavy atom. The topological polar surface area (TPSA) is 49.4 Å². The maximum Gasteiger partial charge on any atom is 0.261 e. The highest BCUT2D eigenvalue weighted by Crippen LogP contribution is 2.22. The molecule has 1 N–H and O–H groups in total. The summed E-state index contributed by atoms with van der Waals surface area (Å²) in [5.41, 5.74) is 1.08. The van der Waals surface area contributed by atoms with Crippen molar-refractivity contribution < 1.29 is 9.59 Å². The summed E-state index contributed by atoms with van der Waals surface area (Å²) in [4.78, 5) is 25.8. The minimum atomic E-state index is -0.148. The van der Waals surface area contributed by atoms with Gasteiger partial charge >= 0.3 is 0 Å². The molecule has 4 nitrogen and oxygen atoms in total. The van der Waals surface area contributed by atoms with E-state index in [4.69, 9.17) is 0 Å². The van der Waals surface area contributed by atoms with E-state index in [9.17, 15) is 9.59 Å². The highest BCUT2D eigenvalue weighted by Gasteiger charge is 2.34. The molecule has 0 radical (unpaired) electrons. The smallest absolute Gasteiger partial charge is 0.261 e. The van der Waals surface area contributed by atoms with Gasteiger partial charge in [-0.15, -0.1) is 0 Å². The molecule has 0 aromatic heterocycles. The summed E-state index contributed by atoms with van der Waals surface area (Å²) in [6, 6.07) is 7.53. The second-order valence-electron chi connectivity index (χ2n) is 5.51. The van der Waals surface area contributed by atoms with E-state index >= 15 is 0 Å². The third-order valence-electron chi connectivity index (χ3n) is 3.99. The molecule has 21 heavy (non-hydrogen) atoms. The van der Waals surface area contributed by atoms with Crippen molar-refractivity contribution in [1.29, 1.82) is 0 Å². The number of fused-ring (bicyclic) bond motifs is 1. The van der Waals surface area contributed by atoms with Crippen molar-refractivity contribution in [2.45, 2.75) is 45.6 Å². The number of carbonyl (C=O) groups is 2. The number of amides is 2. The first-order chi connectivity index (χ1) is 10.2. The van der Waals surface area contributed by atoms with Crippen LogP contribution in [0.5, 0.6) is 0 Å². The minimum Gasteiger partial charge on any atom is -0.314 e. The number of nitrogens with zero attached hydrogens (tertiary/aromatic N) is 1. The molecule has 0 saturated heterocycles. The molecule has 114 valence electrons. The lowest BCUT2D eigenvalue weighted by molar-refractivity contribution is 0.0650. The number of carbonyl (C=O) groups excluding carboxylic acids is 2. The SMILES string of the molecule is CCCNC(CC)CCCN1C(=O)c2ccccc2C1=O. The van der Waals surface area contributed by atoms with Crippen LogP contribution >= 0.6 is 0 Å². The van der Waals surface area contributed by atoms with Gasteiger partial charge in [0.2, 0.25) is 0 Å². The Bertz CT molecular complexity index is 478. The molecular formula is C17H24N2O2. The van der Waals surface area contributed by atoms with Gasteiger partial charge in [0.25, 0.3) is 11.8 Å². The number of hydrogen-bond donors (Lipinski definition) is 1. The van der Waals surface area contributed by atoms with Crippen molar-refractivity contribution in [3.8, 4) is 0 Å².